The van der Waals surface area contributed by atoms with Gasteiger partial charge in [-0.05, 0) is 12.8 Å². The van der Waals surface area contributed by atoms with E-state index in [9.17, 15) is 4.79 Å². The molecule has 1 saturated heterocycles. The molecule has 2 N–H and O–H groups in total. The van der Waals surface area contributed by atoms with Crippen LogP contribution in [0.3, 0.4) is 0 Å². The van der Waals surface area contributed by atoms with E-state index in [1.165, 1.54) is 0 Å². The summed E-state index contributed by atoms with van der Waals surface area (Å²) in [7, 11) is 0. The summed E-state index contributed by atoms with van der Waals surface area (Å²) in [6.45, 7) is 5.11. The Morgan fingerprint density at radius 2 is 1.67 bits per heavy atom. The number of nitrogens with zero attached hydrogens (tertiary/aromatic N) is 2. The van der Waals surface area contributed by atoms with E-state index in [1.54, 1.807) is 6.92 Å². The van der Waals surface area contributed by atoms with Crippen molar-refractivity contribution in [3.63, 3.8) is 0 Å². The molecule has 0 aromatic rings. The van der Waals surface area contributed by atoms with Gasteiger partial charge >= 0.3 is 0 Å². The lowest BCUT2D eigenvalue weighted by Crippen LogP contribution is -2.41. The van der Waals surface area contributed by atoms with Crippen LogP contribution in [0, 0.1) is 0 Å². The molecule has 1 aliphatic rings. The fourth-order valence-electron chi connectivity index (χ4n) is 1.47. The molecule has 12 heavy (non-hydrogen) atoms. The Morgan fingerprint density at radius 1 is 1.17 bits per heavy atom. The molecule has 1 heterocycles. The topological polar surface area (TPSA) is 49.6 Å². The Balaban J connectivity index is 2.35. The number of carbonyl (C=O) groups is 1. The van der Waals surface area contributed by atoms with Gasteiger partial charge in [-0.1, -0.05) is 0 Å². The number of hydrogen-bond donors (Lipinski definition) is 1. The fourth-order valence-corrected chi connectivity index (χ4v) is 1.47. The van der Waals surface area contributed by atoms with Crippen molar-refractivity contribution in [2.45, 2.75) is 19.8 Å². The van der Waals surface area contributed by atoms with Gasteiger partial charge in [-0.15, -0.1) is 0 Å². The molecule has 1 fully saturated rings. The SMILES string of the molecule is CC(=O)N1CCCN(N)CCC1. The van der Waals surface area contributed by atoms with Crippen molar-refractivity contribution in [1.29, 1.82) is 0 Å². The third-order valence-electron chi connectivity index (χ3n) is 2.19. The lowest BCUT2D eigenvalue weighted by molar-refractivity contribution is -0.129. The van der Waals surface area contributed by atoms with Gasteiger partial charge in [-0.3, -0.25) is 10.6 Å². The summed E-state index contributed by atoms with van der Waals surface area (Å²) in [6, 6.07) is 0. The molecule has 0 atom stereocenters. The van der Waals surface area contributed by atoms with Gasteiger partial charge in [0.05, 0.1) is 0 Å². The molecule has 0 spiro atoms. The first-order valence-corrected chi connectivity index (χ1v) is 4.45. The van der Waals surface area contributed by atoms with Crippen LogP contribution in [0.4, 0.5) is 0 Å². The van der Waals surface area contributed by atoms with Gasteiger partial charge in [-0.25, -0.2) is 5.01 Å². The zero-order valence-corrected chi connectivity index (χ0v) is 7.62. The maximum absolute atomic E-state index is 11.0. The largest absolute Gasteiger partial charge is 0.343 e. The number of hydrogen-bond acceptors (Lipinski definition) is 3. The Bertz CT molecular complexity index is 150. The van der Waals surface area contributed by atoms with Crippen LogP contribution in [-0.4, -0.2) is 42.0 Å². The van der Waals surface area contributed by atoms with Gasteiger partial charge in [0, 0.05) is 33.1 Å². The van der Waals surface area contributed by atoms with Gasteiger partial charge in [-0.2, -0.15) is 0 Å². The molecule has 0 saturated carbocycles. The summed E-state index contributed by atoms with van der Waals surface area (Å²) < 4.78 is 0. The highest BCUT2D eigenvalue weighted by Gasteiger charge is 2.11. The van der Waals surface area contributed by atoms with E-state index >= 15 is 0 Å². The van der Waals surface area contributed by atoms with Gasteiger partial charge in [0.15, 0.2) is 0 Å². The quantitative estimate of drug-likeness (QED) is 0.514. The van der Waals surface area contributed by atoms with Crippen molar-refractivity contribution >= 4 is 5.91 Å². The van der Waals surface area contributed by atoms with E-state index in [4.69, 9.17) is 5.84 Å². The minimum Gasteiger partial charge on any atom is -0.343 e. The Morgan fingerprint density at radius 3 is 2.08 bits per heavy atom. The molecule has 1 aliphatic heterocycles. The molecule has 4 heteroatoms. The molecule has 4 nitrogen and oxygen atoms in total. The van der Waals surface area contributed by atoms with Crippen molar-refractivity contribution < 1.29 is 4.79 Å². The van der Waals surface area contributed by atoms with E-state index in [0.29, 0.717) is 0 Å². The zero-order chi connectivity index (χ0) is 8.97. The number of amides is 1. The van der Waals surface area contributed by atoms with Gasteiger partial charge < -0.3 is 4.90 Å². The van der Waals surface area contributed by atoms with Crippen molar-refractivity contribution in [1.82, 2.24) is 9.91 Å². The van der Waals surface area contributed by atoms with E-state index in [1.807, 2.05) is 9.91 Å². The smallest absolute Gasteiger partial charge is 0.219 e. The predicted molar refractivity (Wildman–Crippen MR) is 47.2 cm³/mol. The minimum atomic E-state index is 0.181. The Labute approximate surface area is 73.3 Å². The van der Waals surface area contributed by atoms with Crippen LogP contribution in [-0.2, 0) is 4.79 Å². The summed E-state index contributed by atoms with van der Waals surface area (Å²) in [5, 5.41) is 1.83. The summed E-state index contributed by atoms with van der Waals surface area (Å²) in [5.74, 6) is 5.84. The van der Waals surface area contributed by atoms with E-state index in [-0.39, 0.29) is 5.91 Å². The van der Waals surface area contributed by atoms with Crippen LogP contribution in [0.1, 0.15) is 19.8 Å². The predicted octanol–water partition coefficient (Wildman–Crippen LogP) is -0.196. The highest BCUT2D eigenvalue weighted by Crippen LogP contribution is 2.00. The summed E-state index contributed by atoms with van der Waals surface area (Å²) in [6.07, 6.45) is 1.96. The average Bonchev–Trinajstić information content (AvgIpc) is 1.95. The first-order chi connectivity index (χ1) is 5.70. The molecular formula is C8H17N3O. The summed E-state index contributed by atoms with van der Waals surface area (Å²) in [5.41, 5.74) is 0. The van der Waals surface area contributed by atoms with Crippen LogP contribution in [0.5, 0.6) is 0 Å². The molecule has 0 bridgehead atoms. The third kappa shape index (κ3) is 2.79. The normalized spacial score (nSPS) is 21.7. The second kappa shape index (κ2) is 4.42. The standard InChI is InChI=1S/C8H17N3O/c1-8(12)10-4-2-6-11(9)7-3-5-10/h2-7,9H2,1H3. The Hall–Kier alpha value is -0.610. The molecule has 0 aromatic heterocycles. The van der Waals surface area contributed by atoms with Crippen LogP contribution in [0.2, 0.25) is 0 Å². The van der Waals surface area contributed by atoms with Crippen LogP contribution >= 0.6 is 0 Å². The first kappa shape index (κ1) is 9.48. The lowest BCUT2D eigenvalue weighted by atomic mass is 10.2. The monoisotopic (exact) mass is 171 g/mol. The summed E-state index contributed by atoms with van der Waals surface area (Å²) >= 11 is 0. The van der Waals surface area contributed by atoms with Crippen molar-refractivity contribution in [3.8, 4) is 0 Å². The number of rotatable bonds is 0. The molecule has 0 aromatic carbocycles. The second-order valence-electron chi connectivity index (χ2n) is 3.25. The van der Waals surface area contributed by atoms with Gasteiger partial charge in [0.1, 0.15) is 0 Å². The highest BCUT2D eigenvalue weighted by molar-refractivity contribution is 5.73. The molecule has 0 aliphatic carbocycles. The average molecular weight is 171 g/mol. The maximum atomic E-state index is 11.0. The van der Waals surface area contributed by atoms with Crippen molar-refractivity contribution in [2.75, 3.05) is 26.2 Å². The summed E-state index contributed by atoms with van der Waals surface area (Å²) in [4.78, 5) is 12.9. The van der Waals surface area contributed by atoms with E-state index < -0.39 is 0 Å². The molecule has 70 valence electrons. The molecule has 1 rings (SSSR count). The van der Waals surface area contributed by atoms with Crippen LogP contribution in [0.25, 0.3) is 0 Å². The first-order valence-electron chi connectivity index (χ1n) is 4.45. The second-order valence-corrected chi connectivity index (χ2v) is 3.25. The van der Waals surface area contributed by atoms with Gasteiger partial charge in [0.2, 0.25) is 5.91 Å². The minimum absolute atomic E-state index is 0.181. The van der Waals surface area contributed by atoms with Crippen molar-refractivity contribution in [3.05, 3.63) is 0 Å². The number of hydrazine groups is 1. The lowest BCUT2D eigenvalue weighted by Gasteiger charge is -2.27. The van der Waals surface area contributed by atoms with Crippen molar-refractivity contribution in [2.24, 2.45) is 5.84 Å². The molecular weight excluding hydrogens is 154 g/mol. The maximum Gasteiger partial charge on any atom is 0.219 e. The number of nitrogens with two attached hydrogens (primary N) is 1. The van der Waals surface area contributed by atoms with Crippen LogP contribution in [0.15, 0.2) is 0 Å². The molecule has 0 radical (unpaired) electrons. The van der Waals surface area contributed by atoms with E-state index in [0.717, 1.165) is 39.0 Å². The fraction of sp³-hybridized carbons (Fsp3) is 0.875. The van der Waals surface area contributed by atoms with E-state index in [2.05, 4.69) is 0 Å². The zero-order valence-electron chi connectivity index (χ0n) is 7.62. The molecule has 0 unspecified atom stereocenters. The Kier molecular flexibility index (Phi) is 3.49. The van der Waals surface area contributed by atoms with Gasteiger partial charge in [0.25, 0.3) is 0 Å². The highest BCUT2D eigenvalue weighted by atomic mass is 16.2. The third-order valence-corrected chi connectivity index (χ3v) is 2.19. The number of carbonyl (C=O) groups excluding carboxylic acids is 1. The molecule has 1 amide bonds. The van der Waals surface area contributed by atoms with Crippen LogP contribution < -0.4 is 5.84 Å².